The van der Waals surface area contributed by atoms with E-state index in [0.717, 1.165) is 12.8 Å². The highest BCUT2D eigenvalue weighted by atomic mass is 16.5. The fraction of sp³-hybridized carbons (Fsp3) is 0.625. The molecule has 0 aromatic rings. The first-order chi connectivity index (χ1) is 5.34. The van der Waals surface area contributed by atoms with Gasteiger partial charge in [-0.25, -0.2) is 0 Å². The van der Waals surface area contributed by atoms with Crippen LogP contribution in [0.15, 0.2) is 0 Å². The Hall–Kier alpha value is -1.01. The molecule has 1 heterocycles. The van der Waals surface area contributed by atoms with Gasteiger partial charge in [0.05, 0.1) is 6.54 Å². The number of ether oxygens (including phenoxy) is 1. The quantitative estimate of drug-likeness (QED) is 0.563. The summed E-state index contributed by atoms with van der Waals surface area (Å²) in [4.78, 5) is 11.1. The van der Waals surface area contributed by atoms with Crippen molar-refractivity contribution < 1.29 is 9.53 Å². The molecule has 0 aromatic heterocycles. The summed E-state index contributed by atoms with van der Waals surface area (Å²) >= 11 is 0. The maximum Gasteiger partial charge on any atom is 0.249 e. The summed E-state index contributed by atoms with van der Waals surface area (Å²) < 4.78 is 5.13. The van der Waals surface area contributed by atoms with Gasteiger partial charge in [-0.05, 0) is 12.8 Å². The largest absolute Gasteiger partial charge is 0.368 e. The van der Waals surface area contributed by atoms with Crippen LogP contribution in [-0.4, -0.2) is 25.2 Å². The lowest BCUT2D eigenvalue weighted by Gasteiger charge is -2.07. The van der Waals surface area contributed by atoms with Crippen LogP contribution >= 0.6 is 0 Å². The van der Waals surface area contributed by atoms with Crippen LogP contribution in [-0.2, 0) is 9.53 Å². The molecule has 0 unspecified atom stereocenters. The predicted octanol–water partition coefficient (Wildman–Crippen LogP) is -0.0852. The van der Waals surface area contributed by atoms with Gasteiger partial charge in [0, 0.05) is 6.61 Å². The molecule has 3 heteroatoms. The monoisotopic (exact) mass is 153 g/mol. The molecule has 3 nitrogen and oxygen atoms in total. The molecule has 0 radical (unpaired) electrons. The molecule has 0 aliphatic carbocycles. The summed E-state index contributed by atoms with van der Waals surface area (Å²) in [5.74, 6) is 2.25. The maximum absolute atomic E-state index is 11.1. The van der Waals surface area contributed by atoms with Gasteiger partial charge < -0.3 is 10.1 Å². The molecule has 1 atom stereocenters. The lowest BCUT2D eigenvalue weighted by atomic mass is 10.2. The summed E-state index contributed by atoms with van der Waals surface area (Å²) in [5, 5.41) is 2.57. The molecular formula is C8H11NO2. The van der Waals surface area contributed by atoms with Gasteiger partial charge in [-0.1, -0.05) is 5.92 Å². The topological polar surface area (TPSA) is 38.3 Å². The molecule has 60 valence electrons. The molecular weight excluding hydrogens is 142 g/mol. The highest BCUT2D eigenvalue weighted by Gasteiger charge is 2.22. The first-order valence-corrected chi connectivity index (χ1v) is 3.67. The van der Waals surface area contributed by atoms with E-state index in [1.165, 1.54) is 0 Å². The number of amides is 1. The van der Waals surface area contributed by atoms with E-state index in [1.807, 2.05) is 0 Å². The van der Waals surface area contributed by atoms with Gasteiger partial charge in [0.25, 0.3) is 0 Å². The fourth-order valence-corrected chi connectivity index (χ4v) is 1.04. The van der Waals surface area contributed by atoms with Gasteiger partial charge in [-0.3, -0.25) is 4.79 Å². The van der Waals surface area contributed by atoms with Crippen LogP contribution in [0.4, 0.5) is 0 Å². The van der Waals surface area contributed by atoms with Crippen LogP contribution in [0.25, 0.3) is 0 Å². The Morgan fingerprint density at radius 3 is 3.18 bits per heavy atom. The third-order valence-corrected chi connectivity index (χ3v) is 1.59. The summed E-state index contributed by atoms with van der Waals surface area (Å²) in [6.45, 7) is 0.979. The van der Waals surface area contributed by atoms with E-state index in [-0.39, 0.29) is 12.0 Å². The Morgan fingerprint density at radius 2 is 2.64 bits per heavy atom. The van der Waals surface area contributed by atoms with Crippen molar-refractivity contribution >= 4 is 5.91 Å². The van der Waals surface area contributed by atoms with E-state index < -0.39 is 0 Å². The minimum Gasteiger partial charge on any atom is -0.368 e. The van der Waals surface area contributed by atoms with Crippen molar-refractivity contribution in [3.8, 4) is 12.3 Å². The Bertz CT molecular complexity index is 177. The van der Waals surface area contributed by atoms with Crippen LogP contribution in [0, 0.1) is 12.3 Å². The van der Waals surface area contributed by atoms with Crippen molar-refractivity contribution in [3.05, 3.63) is 0 Å². The van der Waals surface area contributed by atoms with Crippen molar-refractivity contribution in [1.82, 2.24) is 5.32 Å². The summed E-state index contributed by atoms with van der Waals surface area (Å²) in [5.41, 5.74) is 0. The second-order valence-corrected chi connectivity index (χ2v) is 2.42. The number of terminal acetylenes is 1. The second kappa shape index (κ2) is 3.99. The smallest absolute Gasteiger partial charge is 0.249 e. The molecule has 1 N–H and O–H groups in total. The lowest BCUT2D eigenvalue weighted by Crippen LogP contribution is -2.34. The van der Waals surface area contributed by atoms with E-state index in [2.05, 4.69) is 11.2 Å². The van der Waals surface area contributed by atoms with Crippen molar-refractivity contribution in [1.29, 1.82) is 0 Å². The normalized spacial score (nSPS) is 22.6. The second-order valence-electron chi connectivity index (χ2n) is 2.42. The first-order valence-electron chi connectivity index (χ1n) is 3.67. The molecule has 11 heavy (non-hydrogen) atoms. The SMILES string of the molecule is C#CCNC(=O)[C@@H]1CCCO1. The molecule has 1 aliphatic rings. The molecule has 1 rings (SSSR count). The minimum atomic E-state index is -0.261. The Kier molecular flexibility index (Phi) is 2.94. The van der Waals surface area contributed by atoms with E-state index in [1.54, 1.807) is 0 Å². The molecule has 1 amide bonds. The third-order valence-electron chi connectivity index (χ3n) is 1.59. The summed E-state index contributed by atoms with van der Waals surface area (Å²) in [7, 11) is 0. The third kappa shape index (κ3) is 2.24. The van der Waals surface area contributed by atoms with Crippen molar-refractivity contribution in [2.24, 2.45) is 0 Å². The van der Waals surface area contributed by atoms with Gasteiger partial charge in [0.1, 0.15) is 6.10 Å². The first kappa shape index (κ1) is 8.09. The summed E-state index contributed by atoms with van der Waals surface area (Å²) in [6, 6.07) is 0. The van der Waals surface area contributed by atoms with Gasteiger partial charge in [0.15, 0.2) is 0 Å². The molecule has 1 saturated heterocycles. The number of carbonyl (C=O) groups excluding carboxylic acids is 1. The molecule has 0 aromatic carbocycles. The number of carbonyl (C=O) groups is 1. The zero-order valence-corrected chi connectivity index (χ0v) is 6.30. The number of hydrogen-bond acceptors (Lipinski definition) is 2. The minimum absolute atomic E-state index is 0.0829. The van der Waals surface area contributed by atoms with Crippen molar-refractivity contribution in [3.63, 3.8) is 0 Å². The number of hydrogen-bond donors (Lipinski definition) is 1. The Labute approximate surface area is 66.1 Å². The van der Waals surface area contributed by atoms with Crippen molar-refractivity contribution in [2.45, 2.75) is 18.9 Å². The molecule has 1 aliphatic heterocycles. The maximum atomic E-state index is 11.1. The van der Waals surface area contributed by atoms with Crippen LogP contribution in [0.3, 0.4) is 0 Å². The zero-order valence-electron chi connectivity index (χ0n) is 6.30. The summed E-state index contributed by atoms with van der Waals surface area (Å²) in [6.07, 6.45) is 6.49. The van der Waals surface area contributed by atoms with E-state index in [0.29, 0.717) is 13.2 Å². The standard InChI is InChI=1S/C8H11NO2/c1-2-5-9-8(10)7-4-3-6-11-7/h1,7H,3-6H2,(H,9,10)/t7-/m0/s1. The van der Waals surface area contributed by atoms with Gasteiger partial charge in [-0.2, -0.15) is 0 Å². The predicted molar refractivity (Wildman–Crippen MR) is 40.8 cm³/mol. The highest BCUT2D eigenvalue weighted by molar-refractivity contribution is 5.81. The van der Waals surface area contributed by atoms with Crippen LogP contribution in [0.5, 0.6) is 0 Å². The van der Waals surface area contributed by atoms with Gasteiger partial charge in [-0.15, -0.1) is 6.42 Å². The Morgan fingerprint density at radius 1 is 1.82 bits per heavy atom. The number of nitrogens with one attached hydrogen (secondary N) is 1. The average Bonchev–Trinajstić information content (AvgIpc) is 2.52. The average molecular weight is 153 g/mol. The van der Waals surface area contributed by atoms with Gasteiger partial charge in [0.2, 0.25) is 5.91 Å². The number of rotatable bonds is 2. The van der Waals surface area contributed by atoms with E-state index >= 15 is 0 Å². The highest BCUT2D eigenvalue weighted by Crippen LogP contribution is 2.11. The molecule has 0 spiro atoms. The van der Waals surface area contributed by atoms with Crippen LogP contribution in [0.1, 0.15) is 12.8 Å². The van der Waals surface area contributed by atoms with E-state index in [9.17, 15) is 4.79 Å². The zero-order chi connectivity index (χ0) is 8.10. The molecule has 0 saturated carbocycles. The van der Waals surface area contributed by atoms with Crippen molar-refractivity contribution in [2.75, 3.05) is 13.2 Å². The Balaban J connectivity index is 2.24. The van der Waals surface area contributed by atoms with Crippen LogP contribution in [0.2, 0.25) is 0 Å². The molecule has 1 fully saturated rings. The van der Waals surface area contributed by atoms with Crippen LogP contribution < -0.4 is 5.32 Å². The van der Waals surface area contributed by atoms with E-state index in [4.69, 9.17) is 11.2 Å². The molecule has 0 bridgehead atoms. The fourth-order valence-electron chi connectivity index (χ4n) is 1.04. The lowest BCUT2D eigenvalue weighted by molar-refractivity contribution is -0.129. The van der Waals surface area contributed by atoms with Gasteiger partial charge >= 0.3 is 0 Å².